The third-order valence-corrected chi connectivity index (χ3v) is 6.73. The van der Waals surface area contributed by atoms with Crippen LogP contribution >= 0.6 is 0 Å². The lowest BCUT2D eigenvalue weighted by atomic mass is 9.94. The van der Waals surface area contributed by atoms with Crippen LogP contribution in [0.2, 0.25) is 0 Å². The predicted molar refractivity (Wildman–Crippen MR) is 130 cm³/mol. The first kappa shape index (κ1) is 24.7. The number of hydrogen-bond acceptors (Lipinski definition) is 5. The molecule has 1 amide bonds. The Balaban J connectivity index is 1.78. The number of hydrogen-bond donors (Lipinski definition) is 0. The van der Waals surface area contributed by atoms with E-state index in [1.54, 1.807) is 28.9 Å². The number of benzene rings is 2. The van der Waals surface area contributed by atoms with Crippen molar-refractivity contribution in [2.75, 3.05) is 25.3 Å². The van der Waals surface area contributed by atoms with E-state index in [2.05, 4.69) is 0 Å². The van der Waals surface area contributed by atoms with E-state index in [1.807, 2.05) is 6.92 Å². The van der Waals surface area contributed by atoms with Gasteiger partial charge in [0, 0.05) is 37.4 Å². The Labute approximate surface area is 211 Å². The van der Waals surface area contributed by atoms with E-state index < -0.39 is 41.0 Å². The lowest BCUT2D eigenvalue weighted by Crippen LogP contribution is -2.62. The van der Waals surface area contributed by atoms with Crippen LogP contribution < -0.4 is 19.9 Å². The van der Waals surface area contributed by atoms with Crippen LogP contribution in [0.5, 0.6) is 11.5 Å². The number of halogens is 3. The molecule has 0 fully saturated rings. The summed E-state index contributed by atoms with van der Waals surface area (Å²) in [5.41, 5.74) is 0.422. The van der Waals surface area contributed by atoms with Crippen LogP contribution in [0, 0.1) is 17.5 Å². The molecular weight excluding hydrogens is 487 g/mol. The van der Waals surface area contributed by atoms with Crippen molar-refractivity contribution in [1.29, 1.82) is 0 Å². The van der Waals surface area contributed by atoms with E-state index in [9.17, 15) is 22.8 Å². The first-order valence-electron chi connectivity index (χ1n) is 12.1. The zero-order valence-corrected chi connectivity index (χ0v) is 20.4. The molecule has 194 valence electrons. The van der Waals surface area contributed by atoms with Gasteiger partial charge in [0.05, 0.1) is 13.2 Å². The molecule has 3 heterocycles. The molecule has 0 radical (unpaired) electrons. The van der Waals surface area contributed by atoms with E-state index >= 15 is 0 Å². The molecule has 1 aromatic heterocycles. The second-order valence-electron chi connectivity index (χ2n) is 9.08. The summed E-state index contributed by atoms with van der Waals surface area (Å²) in [5.74, 6) is -2.96. The van der Waals surface area contributed by atoms with Crippen LogP contribution in [0.3, 0.4) is 0 Å². The summed E-state index contributed by atoms with van der Waals surface area (Å²) in [4.78, 5) is 27.9. The normalized spacial score (nSPS) is 18.8. The molecule has 10 heteroatoms. The maximum absolute atomic E-state index is 14.6. The number of carbonyl (C=O) groups is 1. The molecule has 0 N–H and O–H groups in total. The molecule has 0 saturated carbocycles. The predicted octanol–water partition coefficient (Wildman–Crippen LogP) is 4.37. The minimum absolute atomic E-state index is 0.0279. The Morgan fingerprint density at radius 2 is 1.78 bits per heavy atom. The Kier molecular flexibility index (Phi) is 6.57. The van der Waals surface area contributed by atoms with E-state index in [-0.39, 0.29) is 36.0 Å². The Bertz CT molecular complexity index is 1390. The van der Waals surface area contributed by atoms with Crippen LogP contribution in [0.25, 0.3) is 0 Å². The highest BCUT2D eigenvalue weighted by Crippen LogP contribution is 2.41. The second kappa shape index (κ2) is 9.84. The molecule has 3 aromatic rings. The quantitative estimate of drug-likeness (QED) is 0.475. The maximum Gasteiger partial charge on any atom is 0.277 e. The molecule has 7 nitrogen and oxygen atoms in total. The third kappa shape index (κ3) is 4.30. The molecule has 0 aliphatic carbocycles. The van der Waals surface area contributed by atoms with E-state index in [1.165, 1.54) is 29.3 Å². The van der Waals surface area contributed by atoms with Gasteiger partial charge in [-0.1, -0.05) is 25.5 Å². The van der Waals surface area contributed by atoms with Gasteiger partial charge in [-0.2, -0.15) is 0 Å². The van der Waals surface area contributed by atoms with Gasteiger partial charge >= 0.3 is 0 Å². The van der Waals surface area contributed by atoms with Gasteiger partial charge in [0.2, 0.25) is 5.43 Å². The first-order chi connectivity index (χ1) is 17.8. The summed E-state index contributed by atoms with van der Waals surface area (Å²) in [6.45, 7) is 2.35. The average molecular weight is 514 g/mol. The minimum atomic E-state index is -1.07. The van der Waals surface area contributed by atoms with Crippen LogP contribution in [-0.2, 0) is 0 Å². The fourth-order valence-corrected chi connectivity index (χ4v) is 4.88. The topological polar surface area (TPSA) is 64.0 Å². The molecule has 1 unspecified atom stereocenters. The van der Waals surface area contributed by atoms with Gasteiger partial charge in [0.1, 0.15) is 23.8 Å². The molecule has 0 spiro atoms. The minimum Gasteiger partial charge on any atom is -0.493 e. The van der Waals surface area contributed by atoms with Crippen molar-refractivity contribution in [3.05, 3.63) is 93.2 Å². The number of unbranched alkanes of at least 4 members (excludes halogenated alkanes) is 1. The second-order valence-corrected chi connectivity index (χ2v) is 9.08. The highest BCUT2D eigenvalue weighted by Gasteiger charge is 2.43. The Hall–Kier alpha value is -3.95. The van der Waals surface area contributed by atoms with Crippen LogP contribution in [-0.4, -0.2) is 41.9 Å². The van der Waals surface area contributed by atoms with Crippen molar-refractivity contribution in [3.63, 3.8) is 0 Å². The van der Waals surface area contributed by atoms with Crippen molar-refractivity contribution in [2.24, 2.45) is 0 Å². The van der Waals surface area contributed by atoms with Gasteiger partial charge < -0.3 is 14.4 Å². The van der Waals surface area contributed by atoms with E-state index in [0.29, 0.717) is 18.4 Å². The number of nitrogens with zero attached hydrogens (tertiary/aromatic N) is 3. The molecule has 2 atom stereocenters. The summed E-state index contributed by atoms with van der Waals surface area (Å²) in [6.07, 6.45) is 2.72. The standard InChI is InChI=1S/C27H26F3N3O4/c1-3-4-12-37-26-21(34)9-11-32-25(26)27(35)31(2)23-10-13-36-22-15-20(30)19(29)14-18(22)24(33(23)32)16-5-7-17(28)8-6-16/h5-9,11,14-15,23-24H,3-4,10,12-13H2,1-2H3/t23-,24?/m0/s1. The van der Waals surface area contributed by atoms with Crippen LogP contribution in [0.1, 0.15) is 53.8 Å². The number of carbonyl (C=O) groups excluding carboxylic acids is 1. The van der Waals surface area contributed by atoms with E-state index in [4.69, 9.17) is 9.47 Å². The smallest absolute Gasteiger partial charge is 0.277 e. The molecular formula is C27H26F3N3O4. The molecule has 0 saturated heterocycles. The lowest BCUT2D eigenvalue weighted by Gasteiger charge is -2.50. The van der Waals surface area contributed by atoms with Crippen molar-refractivity contribution >= 4 is 5.91 Å². The Morgan fingerprint density at radius 1 is 1.05 bits per heavy atom. The van der Waals surface area contributed by atoms with Crippen LogP contribution in [0.4, 0.5) is 13.2 Å². The highest BCUT2D eigenvalue weighted by molar-refractivity contribution is 5.96. The van der Waals surface area contributed by atoms with Crippen molar-refractivity contribution < 1.29 is 27.4 Å². The van der Waals surface area contributed by atoms with Crippen molar-refractivity contribution in [1.82, 2.24) is 9.58 Å². The maximum atomic E-state index is 14.6. The number of ether oxygens (including phenoxy) is 2. The monoisotopic (exact) mass is 513 g/mol. The van der Waals surface area contributed by atoms with E-state index in [0.717, 1.165) is 18.6 Å². The van der Waals surface area contributed by atoms with Gasteiger partial charge in [-0.3, -0.25) is 19.3 Å². The summed E-state index contributed by atoms with van der Waals surface area (Å²) in [7, 11) is 1.60. The van der Waals surface area contributed by atoms with Crippen molar-refractivity contribution in [2.45, 2.75) is 38.4 Å². The first-order valence-corrected chi connectivity index (χ1v) is 12.1. The number of rotatable bonds is 5. The highest BCUT2D eigenvalue weighted by atomic mass is 19.2. The number of aromatic nitrogens is 1. The molecule has 2 aromatic carbocycles. The molecule has 37 heavy (non-hydrogen) atoms. The fraction of sp³-hybridized carbons (Fsp3) is 0.333. The molecule has 5 rings (SSSR count). The third-order valence-electron chi connectivity index (χ3n) is 6.73. The fourth-order valence-electron chi connectivity index (χ4n) is 4.88. The summed E-state index contributed by atoms with van der Waals surface area (Å²) >= 11 is 0. The zero-order chi connectivity index (χ0) is 26.3. The molecule has 2 aliphatic heterocycles. The van der Waals surface area contributed by atoms with Gasteiger partial charge in [-0.05, 0) is 30.2 Å². The SMILES string of the molecule is CCCCOc1c2n(ccc1=O)N1C(c3ccc(F)cc3)c3cc(F)c(F)cc3OCC[C@H]1N(C)C2=O. The van der Waals surface area contributed by atoms with Gasteiger partial charge in [-0.15, -0.1) is 0 Å². The van der Waals surface area contributed by atoms with Gasteiger partial charge in [0.15, 0.2) is 23.1 Å². The number of pyridine rings is 1. The number of amides is 1. The largest absolute Gasteiger partial charge is 0.493 e. The lowest BCUT2D eigenvalue weighted by molar-refractivity contribution is 0.0570. The molecule has 0 bridgehead atoms. The molecule has 2 aliphatic rings. The van der Waals surface area contributed by atoms with Crippen molar-refractivity contribution in [3.8, 4) is 11.5 Å². The summed E-state index contributed by atoms with van der Waals surface area (Å²) < 4.78 is 55.9. The Morgan fingerprint density at radius 3 is 2.51 bits per heavy atom. The van der Waals surface area contributed by atoms with Gasteiger partial charge in [-0.25, -0.2) is 13.2 Å². The van der Waals surface area contributed by atoms with Crippen LogP contribution in [0.15, 0.2) is 53.5 Å². The number of fused-ring (bicyclic) bond motifs is 4. The zero-order valence-electron chi connectivity index (χ0n) is 20.4. The van der Waals surface area contributed by atoms with Gasteiger partial charge in [0.25, 0.3) is 5.91 Å². The summed E-state index contributed by atoms with van der Waals surface area (Å²) in [5, 5.41) is 1.80. The summed E-state index contributed by atoms with van der Waals surface area (Å²) in [6, 6.07) is 8.15. The average Bonchev–Trinajstić information content (AvgIpc) is 2.87.